The average molecular weight is 237 g/mol. The predicted octanol–water partition coefficient (Wildman–Crippen LogP) is 3.37. The highest BCUT2D eigenvalue weighted by Gasteiger charge is 1.99. The molecule has 17 heavy (non-hydrogen) atoms. The fourth-order valence-corrected chi connectivity index (χ4v) is 1.71. The maximum atomic E-state index is 5.77. The molecule has 0 radical (unpaired) electrons. The van der Waals surface area contributed by atoms with Crippen LogP contribution in [-0.4, -0.2) is 13.7 Å². The van der Waals surface area contributed by atoms with Gasteiger partial charge in [-0.05, 0) is 24.1 Å². The van der Waals surface area contributed by atoms with E-state index in [2.05, 4.69) is 6.92 Å². The first-order valence-electron chi connectivity index (χ1n) is 6.27. The van der Waals surface area contributed by atoms with Gasteiger partial charge < -0.3 is 15.2 Å². The predicted molar refractivity (Wildman–Crippen MR) is 71.2 cm³/mol. The van der Waals surface area contributed by atoms with Crippen molar-refractivity contribution in [3.63, 3.8) is 0 Å². The fourth-order valence-electron chi connectivity index (χ4n) is 1.71. The lowest BCUT2D eigenvalue weighted by Crippen LogP contribution is -1.98. The highest BCUT2D eigenvalue weighted by molar-refractivity contribution is 5.47. The number of hydrogen-bond donors (Lipinski definition) is 1. The molecule has 0 aromatic heterocycles. The molecule has 0 heterocycles. The van der Waals surface area contributed by atoms with E-state index in [1.165, 1.54) is 19.3 Å². The zero-order chi connectivity index (χ0) is 12.5. The SMILES string of the molecule is CCCCCCOCc1cc(N)cc(OC)c1. The van der Waals surface area contributed by atoms with Gasteiger partial charge in [0.05, 0.1) is 13.7 Å². The van der Waals surface area contributed by atoms with E-state index in [4.69, 9.17) is 15.2 Å². The van der Waals surface area contributed by atoms with Crippen molar-refractivity contribution in [3.8, 4) is 5.75 Å². The lowest BCUT2D eigenvalue weighted by molar-refractivity contribution is 0.116. The molecule has 3 nitrogen and oxygen atoms in total. The number of nitrogens with two attached hydrogens (primary N) is 1. The second kappa shape index (κ2) is 7.96. The molecular formula is C14H23NO2. The third-order valence-electron chi connectivity index (χ3n) is 2.64. The van der Waals surface area contributed by atoms with Crippen molar-refractivity contribution in [2.45, 2.75) is 39.2 Å². The number of hydrogen-bond acceptors (Lipinski definition) is 3. The van der Waals surface area contributed by atoms with Crippen molar-refractivity contribution in [1.29, 1.82) is 0 Å². The van der Waals surface area contributed by atoms with Crippen LogP contribution in [0.2, 0.25) is 0 Å². The standard InChI is InChI=1S/C14H23NO2/c1-3-4-5-6-7-17-11-12-8-13(15)10-14(9-12)16-2/h8-10H,3-7,11,15H2,1-2H3. The van der Waals surface area contributed by atoms with Crippen LogP contribution >= 0.6 is 0 Å². The van der Waals surface area contributed by atoms with E-state index < -0.39 is 0 Å². The molecule has 1 rings (SSSR count). The minimum Gasteiger partial charge on any atom is -0.497 e. The van der Waals surface area contributed by atoms with E-state index >= 15 is 0 Å². The molecule has 0 spiro atoms. The molecule has 3 heteroatoms. The average Bonchev–Trinajstić information content (AvgIpc) is 2.33. The van der Waals surface area contributed by atoms with Gasteiger partial charge in [-0.25, -0.2) is 0 Å². The molecular weight excluding hydrogens is 214 g/mol. The lowest BCUT2D eigenvalue weighted by Gasteiger charge is -2.07. The molecule has 0 aliphatic heterocycles. The number of nitrogen functional groups attached to an aromatic ring is 1. The summed E-state index contributed by atoms with van der Waals surface area (Å²) in [5, 5.41) is 0. The van der Waals surface area contributed by atoms with Crippen molar-refractivity contribution >= 4 is 5.69 Å². The van der Waals surface area contributed by atoms with Crippen molar-refractivity contribution < 1.29 is 9.47 Å². The van der Waals surface area contributed by atoms with Crippen LogP contribution in [0.1, 0.15) is 38.2 Å². The first-order chi connectivity index (χ1) is 8.26. The molecule has 0 fully saturated rings. The van der Waals surface area contributed by atoms with Gasteiger partial charge >= 0.3 is 0 Å². The Kier molecular flexibility index (Phi) is 6.48. The fraction of sp³-hybridized carbons (Fsp3) is 0.571. The first kappa shape index (κ1) is 13.8. The van der Waals surface area contributed by atoms with Crippen molar-refractivity contribution in [1.82, 2.24) is 0 Å². The molecule has 0 bridgehead atoms. The number of benzene rings is 1. The van der Waals surface area contributed by atoms with Crippen LogP contribution in [0.5, 0.6) is 5.75 Å². The number of ether oxygens (including phenoxy) is 2. The van der Waals surface area contributed by atoms with Gasteiger partial charge in [-0.3, -0.25) is 0 Å². The highest BCUT2D eigenvalue weighted by atomic mass is 16.5. The van der Waals surface area contributed by atoms with Gasteiger partial charge in [0.25, 0.3) is 0 Å². The van der Waals surface area contributed by atoms with Crippen molar-refractivity contribution in [2.24, 2.45) is 0 Å². The van der Waals surface area contributed by atoms with Crippen molar-refractivity contribution in [2.75, 3.05) is 19.5 Å². The Labute approximate surface area is 104 Å². The number of methoxy groups -OCH3 is 1. The van der Waals surface area contributed by atoms with Gasteiger partial charge in [0.1, 0.15) is 5.75 Å². The number of rotatable bonds is 8. The van der Waals surface area contributed by atoms with Crippen LogP contribution in [0.3, 0.4) is 0 Å². The summed E-state index contributed by atoms with van der Waals surface area (Å²) in [6.45, 7) is 3.63. The Morgan fingerprint density at radius 3 is 2.65 bits per heavy atom. The highest BCUT2D eigenvalue weighted by Crippen LogP contribution is 2.19. The summed E-state index contributed by atoms with van der Waals surface area (Å²) in [4.78, 5) is 0. The third kappa shape index (κ3) is 5.59. The second-order valence-corrected chi connectivity index (χ2v) is 4.23. The van der Waals surface area contributed by atoms with Gasteiger partial charge in [-0.1, -0.05) is 26.2 Å². The zero-order valence-electron chi connectivity index (χ0n) is 10.9. The monoisotopic (exact) mass is 237 g/mol. The Morgan fingerprint density at radius 1 is 1.12 bits per heavy atom. The molecule has 1 aromatic rings. The maximum absolute atomic E-state index is 5.77. The Morgan fingerprint density at radius 2 is 1.94 bits per heavy atom. The Hall–Kier alpha value is -1.22. The Bertz CT molecular complexity index is 326. The van der Waals surface area contributed by atoms with Gasteiger partial charge in [0.2, 0.25) is 0 Å². The summed E-state index contributed by atoms with van der Waals surface area (Å²) in [6.07, 6.45) is 4.92. The molecule has 2 N–H and O–H groups in total. The summed E-state index contributed by atoms with van der Waals surface area (Å²) < 4.78 is 10.8. The quantitative estimate of drug-likeness (QED) is 0.557. The minimum absolute atomic E-state index is 0.605. The van der Waals surface area contributed by atoms with Crippen LogP contribution in [0, 0.1) is 0 Å². The summed E-state index contributed by atoms with van der Waals surface area (Å²) in [5.41, 5.74) is 7.55. The van der Waals surface area contributed by atoms with Crippen LogP contribution in [0.15, 0.2) is 18.2 Å². The number of anilines is 1. The van der Waals surface area contributed by atoms with Gasteiger partial charge in [0.15, 0.2) is 0 Å². The largest absolute Gasteiger partial charge is 0.497 e. The summed E-state index contributed by atoms with van der Waals surface area (Å²) in [6, 6.07) is 5.70. The van der Waals surface area contributed by atoms with Crippen LogP contribution in [0.25, 0.3) is 0 Å². The van der Waals surface area contributed by atoms with E-state index in [1.807, 2.05) is 18.2 Å². The zero-order valence-corrected chi connectivity index (χ0v) is 10.9. The molecule has 1 aromatic carbocycles. The molecule has 96 valence electrons. The van der Waals surface area contributed by atoms with E-state index in [1.54, 1.807) is 7.11 Å². The molecule has 0 amide bonds. The molecule has 0 saturated carbocycles. The second-order valence-electron chi connectivity index (χ2n) is 4.23. The van der Waals surface area contributed by atoms with E-state index in [-0.39, 0.29) is 0 Å². The van der Waals surface area contributed by atoms with Gasteiger partial charge in [-0.15, -0.1) is 0 Å². The molecule has 0 atom stereocenters. The molecule has 0 aliphatic rings. The van der Waals surface area contributed by atoms with Gasteiger partial charge in [-0.2, -0.15) is 0 Å². The van der Waals surface area contributed by atoms with Gasteiger partial charge in [0, 0.05) is 18.4 Å². The normalized spacial score (nSPS) is 10.5. The third-order valence-corrected chi connectivity index (χ3v) is 2.64. The summed E-state index contributed by atoms with van der Waals surface area (Å²) in [5.74, 6) is 0.787. The first-order valence-corrected chi connectivity index (χ1v) is 6.27. The molecule has 0 aliphatic carbocycles. The van der Waals surface area contributed by atoms with E-state index in [0.717, 1.165) is 24.3 Å². The maximum Gasteiger partial charge on any atom is 0.121 e. The smallest absolute Gasteiger partial charge is 0.121 e. The van der Waals surface area contributed by atoms with Crippen LogP contribution < -0.4 is 10.5 Å². The number of unbranched alkanes of at least 4 members (excludes halogenated alkanes) is 3. The molecule has 0 saturated heterocycles. The van der Waals surface area contributed by atoms with E-state index in [0.29, 0.717) is 12.3 Å². The summed E-state index contributed by atoms with van der Waals surface area (Å²) >= 11 is 0. The van der Waals surface area contributed by atoms with Crippen molar-refractivity contribution in [3.05, 3.63) is 23.8 Å². The Balaban J connectivity index is 2.28. The molecule has 0 unspecified atom stereocenters. The van der Waals surface area contributed by atoms with E-state index in [9.17, 15) is 0 Å². The minimum atomic E-state index is 0.605. The summed E-state index contributed by atoms with van der Waals surface area (Å²) in [7, 11) is 1.64. The topological polar surface area (TPSA) is 44.5 Å². The van der Waals surface area contributed by atoms with Crippen LogP contribution in [0.4, 0.5) is 5.69 Å². The lowest BCUT2D eigenvalue weighted by atomic mass is 10.2. The van der Waals surface area contributed by atoms with Crippen LogP contribution in [-0.2, 0) is 11.3 Å².